The molecule has 1 aliphatic heterocycles. The van der Waals surface area contributed by atoms with Crippen molar-refractivity contribution in [1.29, 1.82) is 0 Å². The number of rotatable bonds is 6. The first-order valence-corrected chi connectivity index (χ1v) is 10.3. The van der Waals surface area contributed by atoms with Gasteiger partial charge in [-0.2, -0.15) is 0 Å². The van der Waals surface area contributed by atoms with Crippen LogP contribution in [0.4, 0.5) is 0 Å². The molecule has 0 aromatic heterocycles. The van der Waals surface area contributed by atoms with Crippen LogP contribution >= 0.6 is 0 Å². The van der Waals surface area contributed by atoms with E-state index in [-0.39, 0.29) is 12.6 Å². The summed E-state index contributed by atoms with van der Waals surface area (Å²) in [6.07, 6.45) is 0.934. The fourth-order valence-electron chi connectivity index (χ4n) is 4.53. The molecule has 1 unspecified atom stereocenters. The number of ether oxygens (including phenoxy) is 3. The van der Waals surface area contributed by atoms with Crippen LogP contribution in [0, 0.1) is 0 Å². The van der Waals surface area contributed by atoms with Crippen molar-refractivity contribution in [1.82, 2.24) is 4.90 Å². The standard InChI is InChI=1S/C25H29NO4/c1-16-23-21(13-22(28-2)24(29-3)25(23)30-4)9-10-26(16)14-17-5-7-20-12-18(15-27)6-8-19(20)11-17/h5-8,11-13,16,27H,9-10,14-15H2,1-4H3. The molecule has 0 bridgehead atoms. The van der Waals surface area contributed by atoms with Gasteiger partial charge >= 0.3 is 0 Å². The maximum atomic E-state index is 9.36. The van der Waals surface area contributed by atoms with E-state index in [2.05, 4.69) is 42.2 Å². The van der Waals surface area contributed by atoms with Crippen molar-refractivity contribution in [2.75, 3.05) is 27.9 Å². The molecule has 0 aliphatic carbocycles. The second kappa shape index (κ2) is 8.54. The molecular weight excluding hydrogens is 378 g/mol. The Morgan fingerprint density at radius 1 is 0.900 bits per heavy atom. The third-order valence-corrected chi connectivity index (χ3v) is 6.13. The van der Waals surface area contributed by atoms with Crippen molar-refractivity contribution in [3.05, 3.63) is 64.7 Å². The Bertz CT molecular complexity index is 1060. The van der Waals surface area contributed by atoms with E-state index in [0.717, 1.165) is 36.2 Å². The molecule has 3 aromatic rings. The van der Waals surface area contributed by atoms with E-state index in [0.29, 0.717) is 11.5 Å². The molecule has 5 heteroatoms. The van der Waals surface area contributed by atoms with E-state index < -0.39 is 0 Å². The average Bonchev–Trinajstić information content (AvgIpc) is 2.79. The Morgan fingerprint density at radius 3 is 2.20 bits per heavy atom. The largest absolute Gasteiger partial charge is 0.493 e. The second-order valence-electron chi connectivity index (χ2n) is 7.79. The summed E-state index contributed by atoms with van der Waals surface area (Å²) in [6.45, 7) is 4.11. The highest BCUT2D eigenvalue weighted by atomic mass is 16.5. The summed E-state index contributed by atoms with van der Waals surface area (Å²) < 4.78 is 16.9. The SMILES string of the molecule is COc1cc2c(c(OC)c1OC)C(C)N(Cc1ccc3cc(CO)ccc3c1)CC2. The number of benzene rings is 3. The van der Waals surface area contributed by atoms with E-state index >= 15 is 0 Å². The molecule has 5 nitrogen and oxygen atoms in total. The zero-order valence-electron chi connectivity index (χ0n) is 18.1. The van der Waals surface area contributed by atoms with Gasteiger partial charge in [-0.15, -0.1) is 0 Å². The van der Waals surface area contributed by atoms with Crippen LogP contribution in [-0.2, 0) is 19.6 Å². The van der Waals surface area contributed by atoms with Crippen molar-refractivity contribution < 1.29 is 19.3 Å². The molecule has 3 aromatic carbocycles. The molecule has 1 heterocycles. The number of nitrogens with zero attached hydrogens (tertiary/aromatic N) is 1. The van der Waals surface area contributed by atoms with Gasteiger partial charge in [-0.1, -0.05) is 24.3 Å². The van der Waals surface area contributed by atoms with E-state index in [9.17, 15) is 5.11 Å². The van der Waals surface area contributed by atoms with Gasteiger partial charge in [0, 0.05) is 24.7 Å². The molecule has 1 atom stereocenters. The van der Waals surface area contributed by atoms with Gasteiger partial charge < -0.3 is 19.3 Å². The van der Waals surface area contributed by atoms with Crippen LogP contribution < -0.4 is 14.2 Å². The fourth-order valence-corrected chi connectivity index (χ4v) is 4.53. The lowest BCUT2D eigenvalue weighted by molar-refractivity contribution is 0.183. The molecule has 30 heavy (non-hydrogen) atoms. The van der Waals surface area contributed by atoms with Crippen LogP contribution in [0.3, 0.4) is 0 Å². The third-order valence-electron chi connectivity index (χ3n) is 6.13. The summed E-state index contributed by atoms with van der Waals surface area (Å²) >= 11 is 0. The van der Waals surface area contributed by atoms with Crippen LogP contribution in [0.1, 0.15) is 35.2 Å². The Balaban J connectivity index is 1.65. The van der Waals surface area contributed by atoms with E-state index in [1.165, 1.54) is 22.1 Å². The summed E-state index contributed by atoms with van der Waals surface area (Å²) in [6, 6.07) is 14.9. The number of aliphatic hydroxyl groups is 1. The molecule has 1 N–H and O–H groups in total. The molecule has 0 radical (unpaired) electrons. The minimum atomic E-state index is 0.0679. The molecule has 4 rings (SSSR count). The Hall–Kier alpha value is -2.76. The zero-order chi connectivity index (χ0) is 21.3. The molecule has 0 saturated carbocycles. The lowest BCUT2D eigenvalue weighted by atomic mass is 9.91. The highest BCUT2D eigenvalue weighted by Crippen LogP contribution is 2.47. The summed E-state index contributed by atoms with van der Waals surface area (Å²) in [7, 11) is 4.99. The molecule has 1 aliphatic rings. The van der Waals surface area contributed by atoms with Crippen LogP contribution in [0.15, 0.2) is 42.5 Å². The first-order valence-electron chi connectivity index (χ1n) is 10.3. The maximum Gasteiger partial charge on any atom is 0.203 e. The molecule has 0 saturated heterocycles. The van der Waals surface area contributed by atoms with E-state index in [1.54, 1.807) is 21.3 Å². The molecule has 158 valence electrons. The highest BCUT2D eigenvalue weighted by Gasteiger charge is 2.31. The molecule has 0 fully saturated rings. The normalized spacial score (nSPS) is 16.4. The molecular formula is C25H29NO4. The predicted molar refractivity (Wildman–Crippen MR) is 118 cm³/mol. The predicted octanol–water partition coefficient (Wildman–Crippen LogP) is 4.48. The lowest BCUT2D eigenvalue weighted by Crippen LogP contribution is -2.34. The van der Waals surface area contributed by atoms with Crippen molar-refractivity contribution in [3.63, 3.8) is 0 Å². The van der Waals surface area contributed by atoms with Gasteiger partial charge in [0.25, 0.3) is 0 Å². The van der Waals surface area contributed by atoms with Gasteiger partial charge in [0.15, 0.2) is 11.5 Å². The number of fused-ring (bicyclic) bond motifs is 2. The first-order chi connectivity index (χ1) is 14.6. The Morgan fingerprint density at radius 2 is 1.57 bits per heavy atom. The minimum absolute atomic E-state index is 0.0679. The van der Waals surface area contributed by atoms with E-state index in [4.69, 9.17) is 14.2 Å². The number of hydrogen-bond donors (Lipinski definition) is 1. The number of hydrogen-bond acceptors (Lipinski definition) is 5. The van der Waals surface area contributed by atoms with Gasteiger partial charge in [0.2, 0.25) is 5.75 Å². The summed E-state index contributed by atoms with van der Waals surface area (Å²) in [5.41, 5.74) is 4.64. The highest BCUT2D eigenvalue weighted by molar-refractivity contribution is 5.83. The zero-order valence-corrected chi connectivity index (χ0v) is 18.1. The van der Waals surface area contributed by atoms with Crippen LogP contribution in [0.2, 0.25) is 0 Å². The van der Waals surface area contributed by atoms with Crippen molar-refractivity contribution in [2.24, 2.45) is 0 Å². The quantitative estimate of drug-likeness (QED) is 0.653. The molecule has 0 amide bonds. The summed E-state index contributed by atoms with van der Waals surface area (Å²) in [4.78, 5) is 2.47. The monoisotopic (exact) mass is 407 g/mol. The Kier molecular flexibility index (Phi) is 5.84. The average molecular weight is 408 g/mol. The van der Waals surface area contributed by atoms with Crippen molar-refractivity contribution in [3.8, 4) is 17.2 Å². The van der Waals surface area contributed by atoms with Gasteiger partial charge in [-0.25, -0.2) is 0 Å². The lowest BCUT2D eigenvalue weighted by Gasteiger charge is -2.37. The van der Waals surface area contributed by atoms with Crippen molar-refractivity contribution >= 4 is 10.8 Å². The van der Waals surface area contributed by atoms with Crippen molar-refractivity contribution in [2.45, 2.75) is 32.5 Å². The Labute approximate surface area is 177 Å². The van der Waals surface area contributed by atoms with Gasteiger partial charge in [-0.3, -0.25) is 4.90 Å². The smallest absolute Gasteiger partial charge is 0.203 e. The molecule has 0 spiro atoms. The number of methoxy groups -OCH3 is 3. The topological polar surface area (TPSA) is 51.2 Å². The summed E-state index contributed by atoms with van der Waals surface area (Å²) in [5, 5.41) is 11.7. The van der Waals surface area contributed by atoms with Gasteiger partial charge in [-0.05, 0) is 59.0 Å². The minimum Gasteiger partial charge on any atom is -0.493 e. The van der Waals surface area contributed by atoms with Crippen LogP contribution in [-0.4, -0.2) is 37.9 Å². The number of aliphatic hydroxyl groups excluding tert-OH is 1. The third kappa shape index (κ3) is 3.59. The second-order valence-corrected chi connectivity index (χ2v) is 7.79. The maximum absolute atomic E-state index is 9.36. The van der Waals surface area contributed by atoms with Gasteiger partial charge in [0.1, 0.15) is 0 Å². The summed E-state index contributed by atoms with van der Waals surface area (Å²) in [5.74, 6) is 2.13. The van der Waals surface area contributed by atoms with Crippen LogP contribution in [0.5, 0.6) is 17.2 Å². The van der Waals surface area contributed by atoms with Crippen LogP contribution in [0.25, 0.3) is 10.8 Å². The first kappa shape index (κ1) is 20.5. The fraction of sp³-hybridized carbons (Fsp3) is 0.360. The van der Waals surface area contributed by atoms with Gasteiger partial charge in [0.05, 0.1) is 27.9 Å². The van der Waals surface area contributed by atoms with E-state index in [1.807, 2.05) is 12.1 Å².